The maximum absolute atomic E-state index is 12.0. The predicted octanol–water partition coefficient (Wildman–Crippen LogP) is 1.23. The maximum Gasteiger partial charge on any atom is 0.325 e. The second-order valence-corrected chi connectivity index (χ2v) is 4.88. The van der Waals surface area contributed by atoms with E-state index in [1.54, 1.807) is 6.08 Å². The summed E-state index contributed by atoms with van der Waals surface area (Å²) in [5.41, 5.74) is 0.809. The van der Waals surface area contributed by atoms with Crippen LogP contribution in [0.1, 0.15) is 5.69 Å². The molecule has 1 aliphatic rings. The fourth-order valence-electron chi connectivity index (χ4n) is 1.59. The van der Waals surface area contributed by atoms with Crippen molar-refractivity contribution in [3.05, 3.63) is 28.9 Å². The number of imide groups is 1. The van der Waals surface area contributed by atoms with Crippen molar-refractivity contribution in [2.24, 2.45) is 7.05 Å². The summed E-state index contributed by atoms with van der Waals surface area (Å²) in [4.78, 5) is 36.0. The molecule has 0 unspecified atom stereocenters. The van der Waals surface area contributed by atoms with Gasteiger partial charge in [-0.2, -0.15) is 0 Å². The van der Waals surface area contributed by atoms with Gasteiger partial charge in [-0.05, 0) is 30.0 Å². The molecule has 0 aliphatic carbocycles. The van der Waals surface area contributed by atoms with E-state index in [9.17, 15) is 14.4 Å². The second kappa shape index (κ2) is 5.31. The summed E-state index contributed by atoms with van der Waals surface area (Å²) in [6.07, 6.45) is 3.46. The molecule has 0 spiro atoms. The van der Waals surface area contributed by atoms with Gasteiger partial charge in [0, 0.05) is 18.9 Å². The quantitative estimate of drug-likeness (QED) is 0.615. The molecule has 1 aromatic rings. The average molecular weight is 280 g/mol. The largest absolute Gasteiger partial charge is 0.468 e. The third-order valence-corrected chi connectivity index (χ3v) is 3.56. The normalized spacial score (nSPS) is 17.4. The Morgan fingerprint density at radius 3 is 2.79 bits per heavy atom. The van der Waals surface area contributed by atoms with Crippen LogP contribution in [-0.4, -0.2) is 40.2 Å². The van der Waals surface area contributed by atoms with Crippen LogP contribution >= 0.6 is 11.8 Å². The van der Waals surface area contributed by atoms with Crippen LogP contribution < -0.4 is 0 Å². The van der Waals surface area contributed by atoms with Gasteiger partial charge in [0.05, 0.1) is 12.0 Å². The fraction of sp³-hybridized carbons (Fsp3) is 0.250. The van der Waals surface area contributed by atoms with Crippen LogP contribution in [0, 0.1) is 0 Å². The SMILES string of the molecule is COC(=O)CN1C(=O)S/C(=C\c2cccn2C)C1=O. The number of amides is 2. The smallest absolute Gasteiger partial charge is 0.325 e. The summed E-state index contributed by atoms with van der Waals surface area (Å²) in [7, 11) is 3.05. The number of methoxy groups -OCH3 is 1. The van der Waals surface area contributed by atoms with Gasteiger partial charge in [-0.25, -0.2) is 0 Å². The Morgan fingerprint density at radius 1 is 1.47 bits per heavy atom. The topological polar surface area (TPSA) is 68.6 Å². The Kier molecular flexibility index (Phi) is 3.75. The van der Waals surface area contributed by atoms with Gasteiger partial charge in [-0.3, -0.25) is 19.3 Å². The molecule has 6 nitrogen and oxygen atoms in total. The highest BCUT2D eigenvalue weighted by Gasteiger charge is 2.36. The van der Waals surface area contributed by atoms with Crippen molar-refractivity contribution in [1.29, 1.82) is 0 Å². The Bertz CT molecular complexity index is 576. The molecule has 0 atom stereocenters. The van der Waals surface area contributed by atoms with Crippen molar-refractivity contribution in [1.82, 2.24) is 9.47 Å². The summed E-state index contributed by atoms with van der Waals surface area (Å²) < 4.78 is 6.28. The highest BCUT2D eigenvalue weighted by molar-refractivity contribution is 8.18. The molecule has 19 heavy (non-hydrogen) atoms. The summed E-state index contributed by atoms with van der Waals surface area (Å²) >= 11 is 0.819. The zero-order chi connectivity index (χ0) is 14.0. The molecule has 2 rings (SSSR count). The first kappa shape index (κ1) is 13.4. The van der Waals surface area contributed by atoms with E-state index in [-0.39, 0.29) is 6.54 Å². The van der Waals surface area contributed by atoms with Gasteiger partial charge in [0.25, 0.3) is 11.1 Å². The lowest BCUT2D eigenvalue weighted by atomic mass is 10.3. The van der Waals surface area contributed by atoms with Crippen LogP contribution in [0.15, 0.2) is 23.2 Å². The van der Waals surface area contributed by atoms with Gasteiger partial charge in [0.15, 0.2) is 0 Å². The number of carbonyl (C=O) groups excluding carboxylic acids is 3. The van der Waals surface area contributed by atoms with E-state index in [1.807, 2.05) is 29.9 Å². The lowest BCUT2D eigenvalue weighted by Gasteiger charge is -2.09. The van der Waals surface area contributed by atoms with E-state index in [4.69, 9.17) is 0 Å². The van der Waals surface area contributed by atoms with Crippen LogP contribution in [0.25, 0.3) is 6.08 Å². The zero-order valence-corrected chi connectivity index (χ0v) is 11.3. The van der Waals surface area contributed by atoms with Gasteiger partial charge >= 0.3 is 5.97 Å². The third kappa shape index (κ3) is 2.70. The van der Waals surface area contributed by atoms with Crippen molar-refractivity contribution in [3.8, 4) is 0 Å². The number of aromatic nitrogens is 1. The van der Waals surface area contributed by atoms with Crippen molar-refractivity contribution in [3.63, 3.8) is 0 Å². The lowest BCUT2D eigenvalue weighted by molar-refractivity contribution is -0.143. The number of ether oxygens (including phenoxy) is 1. The fourth-order valence-corrected chi connectivity index (χ4v) is 2.41. The number of aryl methyl sites for hydroxylation is 1. The molecule has 0 bridgehead atoms. The van der Waals surface area contributed by atoms with E-state index < -0.39 is 17.1 Å². The van der Waals surface area contributed by atoms with Crippen LogP contribution in [0.4, 0.5) is 4.79 Å². The molecule has 1 aromatic heterocycles. The van der Waals surface area contributed by atoms with Gasteiger partial charge in [0.2, 0.25) is 0 Å². The van der Waals surface area contributed by atoms with Gasteiger partial charge in [0.1, 0.15) is 6.54 Å². The molecular formula is C12H12N2O4S. The number of hydrogen-bond acceptors (Lipinski definition) is 5. The first-order chi connectivity index (χ1) is 9.02. The number of hydrogen-bond donors (Lipinski definition) is 0. The molecule has 1 saturated heterocycles. The van der Waals surface area contributed by atoms with Crippen molar-refractivity contribution in [2.45, 2.75) is 0 Å². The summed E-state index contributed by atoms with van der Waals surface area (Å²) in [6.45, 7) is -0.356. The van der Waals surface area contributed by atoms with Crippen molar-refractivity contribution in [2.75, 3.05) is 13.7 Å². The summed E-state index contributed by atoms with van der Waals surface area (Å²) in [5.74, 6) is -1.09. The maximum atomic E-state index is 12.0. The minimum absolute atomic E-state index is 0.302. The molecule has 0 radical (unpaired) electrons. The summed E-state index contributed by atoms with van der Waals surface area (Å²) in [5, 5.41) is -0.462. The number of carbonyl (C=O) groups is 3. The lowest BCUT2D eigenvalue weighted by Crippen LogP contribution is -2.34. The number of thioether (sulfide) groups is 1. The van der Waals surface area contributed by atoms with Crippen molar-refractivity contribution >= 4 is 35.0 Å². The van der Waals surface area contributed by atoms with Crippen molar-refractivity contribution < 1.29 is 19.1 Å². The van der Waals surface area contributed by atoms with E-state index in [1.165, 1.54) is 7.11 Å². The second-order valence-electron chi connectivity index (χ2n) is 3.89. The van der Waals surface area contributed by atoms with E-state index in [2.05, 4.69) is 4.74 Å². The standard InChI is InChI=1S/C12H12N2O4S/c1-13-5-3-4-8(13)6-9-11(16)14(12(17)19-9)7-10(15)18-2/h3-6H,7H2,1-2H3/b9-6-. The van der Waals surface area contributed by atoms with Crippen LogP contribution in [-0.2, 0) is 21.4 Å². The molecule has 1 aliphatic heterocycles. The Balaban J connectivity index is 2.21. The molecule has 2 amide bonds. The Labute approximate surface area is 114 Å². The number of nitrogens with zero attached hydrogens (tertiary/aromatic N) is 2. The number of rotatable bonds is 3. The van der Waals surface area contributed by atoms with E-state index in [0.717, 1.165) is 22.4 Å². The predicted molar refractivity (Wildman–Crippen MR) is 70.1 cm³/mol. The molecule has 0 aromatic carbocycles. The monoisotopic (exact) mass is 280 g/mol. The molecule has 0 N–H and O–H groups in total. The van der Waals surface area contributed by atoms with Crippen LogP contribution in [0.5, 0.6) is 0 Å². The average Bonchev–Trinajstić information content (AvgIpc) is 2.89. The van der Waals surface area contributed by atoms with Gasteiger partial charge in [-0.1, -0.05) is 0 Å². The first-order valence-electron chi connectivity index (χ1n) is 5.46. The van der Waals surface area contributed by atoms with Crippen LogP contribution in [0.2, 0.25) is 0 Å². The first-order valence-corrected chi connectivity index (χ1v) is 6.28. The highest BCUT2D eigenvalue weighted by Crippen LogP contribution is 2.31. The highest BCUT2D eigenvalue weighted by atomic mass is 32.2. The summed E-state index contributed by atoms with van der Waals surface area (Å²) in [6, 6.07) is 3.67. The Morgan fingerprint density at radius 2 is 2.21 bits per heavy atom. The van der Waals surface area contributed by atoms with Gasteiger partial charge in [-0.15, -0.1) is 0 Å². The molecule has 2 heterocycles. The molecule has 7 heteroatoms. The van der Waals surface area contributed by atoms with Gasteiger partial charge < -0.3 is 9.30 Å². The van der Waals surface area contributed by atoms with Crippen LogP contribution in [0.3, 0.4) is 0 Å². The minimum Gasteiger partial charge on any atom is -0.468 e. The minimum atomic E-state index is -0.623. The molecule has 0 saturated carbocycles. The zero-order valence-electron chi connectivity index (χ0n) is 10.5. The molecule has 100 valence electrons. The number of esters is 1. The Hall–Kier alpha value is -2.02. The van der Waals surface area contributed by atoms with E-state index >= 15 is 0 Å². The van der Waals surface area contributed by atoms with E-state index in [0.29, 0.717) is 4.91 Å². The molecular weight excluding hydrogens is 268 g/mol. The molecule has 1 fully saturated rings. The third-order valence-electron chi connectivity index (χ3n) is 2.65.